The number of halogens is 3. The van der Waals surface area contributed by atoms with Gasteiger partial charge < -0.3 is 0 Å². The van der Waals surface area contributed by atoms with Gasteiger partial charge in [-0.2, -0.15) is 13.2 Å². The van der Waals surface area contributed by atoms with Crippen molar-refractivity contribution < 1.29 is 13.2 Å². The summed E-state index contributed by atoms with van der Waals surface area (Å²) in [5, 5.41) is 0. The van der Waals surface area contributed by atoms with Gasteiger partial charge in [0.15, 0.2) is 0 Å². The molecule has 0 aliphatic heterocycles. The average Bonchev–Trinajstić information content (AvgIpc) is 2.16. The monoisotopic (exact) mass is 223 g/mol. The normalized spacial score (nSPS) is 17.7. The van der Waals surface area contributed by atoms with Crippen LogP contribution in [0.1, 0.15) is 47.0 Å². The molecule has 0 aromatic heterocycles. The van der Waals surface area contributed by atoms with E-state index < -0.39 is 12.2 Å². The summed E-state index contributed by atoms with van der Waals surface area (Å²) in [5.41, 5.74) is 0.682. The summed E-state index contributed by atoms with van der Waals surface area (Å²) in [6, 6.07) is -1.53. The second-order valence-electron chi connectivity index (χ2n) is 3.75. The van der Waals surface area contributed by atoms with Gasteiger partial charge in [-0.05, 0) is 25.2 Å². The first-order chi connectivity index (χ1) is 6.86. The third-order valence-corrected chi connectivity index (χ3v) is 2.63. The van der Waals surface area contributed by atoms with Crippen LogP contribution in [0.4, 0.5) is 13.2 Å². The summed E-state index contributed by atoms with van der Waals surface area (Å²) < 4.78 is 37.4. The van der Waals surface area contributed by atoms with E-state index in [4.69, 9.17) is 0 Å². The van der Waals surface area contributed by atoms with E-state index in [0.29, 0.717) is 12.1 Å². The Morgan fingerprint density at radius 3 is 1.93 bits per heavy atom. The zero-order valence-electron chi connectivity index (χ0n) is 9.86. The van der Waals surface area contributed by atoms with Gasteiger partial charge in [0.25, 0.3) is 0 Å². The van der Waals surface area contributed by atoms with Gasteiger partial charge in [-0.1, -0.05) is 27.7 Å². The molecule has 0 fully saturated rings. The molecule has 15 heavy (non-hydrogen) atoms. The Hall–Kier alpha value is -0.540. The highest BCUT2D eigenvalue weighted by Crippen LogP contribution is 2.26. The Balaban J connectivity index is 4.78. The highest BCUT2D eigenvalue weighted by atomic mass is 19.4. The highest BCUT2D eigenvalue weighted by molar-refractivity contribution is 5.86. The van der Waals surface area contributed by atoms with Gasteiger partial charge in [-0.25, -0.2) is 0 Å². The summed E-state index contributed by atoms with van der Waals surface area (Å²) >= 11 is 0. The zero-order chi connectivity index (χ0) is 12.1. The van der Waals surface area contributed by atoms with E-state index in [1.807, 2.05) is 20.8 Å². The maximum absolute atomic E-state index is 12.5. The van der Waals surface area contributed by atoms with Crippen molar-refractivity contribution in [2.75, 3.05) is 0 Å². The molecule has 0 spiro atoms. The molecular weight excluding hydrogens is 203 g/mol. The first-order valence-electron chi connectivity index (χ1n) is 5.49. The Bertz CT molecular complexity index is 208. The lowest BCUT2D eigenvalue weighted by Gasteiger charge is -2.18. The molecule has 0 aromatic rings. The minimum atomic E-state index is -4.21. The molecule has 0 amide bonds. The van der Waals surface area contributed by atoms with Crippen LogP contribution in [0.2, 0.25) is 0 Å². The first kappa shape index (κ1) is 14.5. The predicted octanol–water partition coefficient (Wildman–Crippen LogP) is 4.22. The molecule has 0 radical (unpaired) electrons. The minimum Gasteiger partial charge on any atom is -0.281 e. The SMILES string of the molecule is CCC(=NC(CC)C(F)(F)F)C(C)CC. The van der Waals surface area contributed by atoms with Gasteiger partial charge in [0.1, 0.15) is 6.04 Å². The summed E-state index contributed by atoms with van der Waals surface area (Å²) in [6.07, 6.45) is -2.76. The van der Waals surface area contributed by atoms with Gasteiger partial charge in [0, 0.05) is 5.71 Å². The molecule has 0 saturated heterocycles. The lowest BCUT2D eigenvalue weighted by molar-refractivity contribution is -0.147. The van der Waals surface area contributed by atoms with Crippen molar-refractivity contribution >= 4 is 5.71 Å². The maximum atomic E-state index is 12.5. The van der Waals surface area contributed by atoms with Crippen LogP contribution in [0.15, 0.2) is 4.99 Å². The van der Waals surface area contributed by atoms with Crippen molar-refractivity contribution in [2.45, 2.75) is 59.2 Å². The van der Waals surface area contributed by atoms with Crippen molar-refractivity contribution in [2.24, 2.45) is 10.9 Å². The van der Waals surface area contributed by atoms with Crippen molar-refractivity contribution in [3.63, 3.8) is 0 Å². The third kappa shape index (κ3) is 4.67. The smallest absolute Gasteiger partial charge is 0.281 e. The van der Waals surface area contributed by atoms with Crippen LogP contribution in [-0.2, 0) is 0 Å². The molecule has 0 aromatic carbocycles. The molecule has 0 bridgehead atoms. The fourth-order valence-electron chi connectivity index (χ4n) is 1.40. The molecule has 0 aliphatic rings. The summed E-state index contributed by atoms with van der Waals surface area (Å²) in [7, 11) is 0. The fraction of sp³-hybridized carbons (Fsp3) is 0.909. The Morgan fingerprint density at radius 2 is 1.67 bits per heavy atom. The van der Waals surface area contributed by atoms with Crippen LogP contribution in [0.5, 0.6) is 0 Å². The summed E-state index contributed by atoms with van der Waals surface area (Å²) in [4.78, 5) is 3.85. The second-order valence-corrected chi connectivity index (χ2v) is 3.75. The quantitative estimate of drug-likeness (QED) is 0.619. The highest BCUT2D eigenvalue weighted by Gasteiger charge is 2.38. The maximum Gasteiger partial charge on any atom is 0.410 e. The van der Waals surface area contributed by atoms with Gasteiger partial charge >= 0.3 is 6.18 Å². The largest absolute Gasteiger partial charge is 0.410 e. The second kappa shape index (κ2) is 6.13. The van der Waals surface area contributed by atoms with E-state index in [1.165, 1.54) is 6.92 Å². The van der Waals surface area contributed by atoms with E-state index in [1.54, 1.807) is 0 Å². The first-order valence-corrected chi connectivity index (χ1v) is 5.49. The molecule has 4 heteroatoms. The minimum absolute atomic E-state index is 0.0173. The van der Waals surface area contributed by atoms with Crippen molar-refractivity contribution in [1.82, 2.24) is 0 Å². The number of hydrogen-bond acceptors (Lipinski definition) is 1. The van der Waals surface area contributed by atoms with E-state index in [0.717, 1.165) is 6.42 Å². The van der Waals surface area contributed by atoms with Gasteiger partial charge in [0.2, 0.25) is 0 Å². The number of alkyl halides is 3. The lowest BCUT2D eigenvalue weighted by atomic mass is 10.00. The van der Waals surface area contributed by atoms with Crippen molar-refractivity contribution in [1.29, 1.82) is 0 Å². The molecule has 0 saturated carbocycles. The van der Waals surface area contributed by atoms with E-state index in [-0.39, 0.29) is 12.3 Å². The van der Waals surface area contributed by atoms with Gasteiger partial charge in [-0.15, -0.1) is 0 Å². The molecule has 0 N–H and O–H groups in total. The van der Waals surface area contributed by atoms with Gasteiger partial charge in [0.05, 0.1) is 0 Å². The molecule has 0 aliphatic carbocycles. The van der Waals surface area contributed by atoms with E-state index >= 15 is 0 Å². The van der Waals surface area contributed by atoms with Crippen LogP contribution in [0, 0.1) is 5.92 Å². The van der Waals surface area contributed by atoms with Crippen LogP contribution in [0.25, 0.3) is 0 Å². The number of rotatable bonds is 5. The van der Waals surface area contributed by atoms with E-state index in [2.05, 4.69) is 4.99 Å². The Kier molecular flexibility index (Phi) is 5.91. The predicted molar refractivity (Wildman–Crippen MR) is 57.3 cm³/mol. The van der Waals surface area contributed by atoms with Crippen LogP contribution in [-0.4, -0.2) is 17.9 Å². The number of aliphatic imine (C=N–C) groups is 1. The summed E-state index contributed by atoms with van der Waals surface area (Å²) in [5.74, 6) is 0.145. The van der Waals surface area contributed by atoms with Crippen LogP contribution in [0.3, 0.4) is 0 Å². The molecule has 90 valence electrons. The topological polar surface area (TPSA) is 12.4 Å². The van der Waals surface area contributed by atoms with Crippen molar-refractivity contribution in [3.05, 3.63) is 0 Å². The zero-order valence-corrected chi connectivity index (χ0v) is 9.86. The van der Waals surface area contributed by atoms with Gasteiger partial charge in [-0.3, -0.25) is 4.99 Å². The summed E-state index contributed by atoms with van der Waals surface area (Å²) in [6.45, 7) is 7.26. The number of nitrogens with zero attached hydrogens (tertiary/aromatic N) is 1. The van der Waals surface area contributed by atoms with Crippen molar-refractivity contribution in [3.8, 4) is 0 Å². The molecule has 0 rings (SSSR count). The average molecular weight is 223 g/mol. The Morgan fingerprint density at radius 1 is 1.13 bits per heavy atom. The van der Waals surface area contributed by atoms with E-state index in [9.17, 15) is 13.2 Å². The Labute approximate surface area is 89.8 Å². The molecular formula is C11H20F3N. The molecule has 2 unspecified atom stereocenters. The molecule has 2 atom stereocenters. The van der Waals surface area contributed by atoms with Crippen LogP contribution < -0.4 is 0 Å². The fourth-order valence-corrected chi connectivity index (χ4v) is 1.40. The van der Waals surface area contributed by atoms with Crippen LogP contribution >= 0.6 is 0 Å². The lowest BCUT2D eigenvalue weighted by Crippen LogP contribution is -2.28. The molecule has 1 nitrogen and oxygen atoms in total. The number of hydrogen-bond donors (Lipinski definition) is 0. The molecule has 0 heterocycles. The third-order valence-electron chi connectivity index (χ3n) is 2.63. The standard InChI is InChI=1S/C11H20F3N/c1-5-8(4)9(6-2)15-10(7-3)11(12,13)14/h8,10H,5-7H2,1-4H3.